The third-order valence-corrected chi connectivity index (χ3v) is 4.15. The van der Waals surface area contributed by atoms with E-state index >= 15 is 0 Å². The van der Waals surface area contributed by atoms with Crippen molar-refractivity contribution < 1.29 is 14.3 Å². The lowest BCUT2D eigenvalue weighted by Crippen LogP contribution is -2.10. The van der Waals surface area contributed by atoms with Gasteiger partial charge in [-0.1, -0.05) is 18.5 Å². The van der Waals surface area contributed by atoms with E-state index < -0.39 is 0 Å². The molecule has 3 aromatic rings. The van der Waals surface area contributed by atoms with Crippen molar-refractivity contribution in [3.05, 3.63) is 47.6 Å². The van der Waals surface area contributed by atoms with Gasteiger partial charge in [0.25, 0.3) is 0 Å². The van der Waals surface area contributed by atoms with Gasteiger partial charge in [-0.05, 0) is 24.3 Å². The van der Waals surface area contributed by atoms with Gasteiger partial charge in [-0.25, -0.2) is 0 Å². The van der Waals surface area contributed by atoms with Crippen molar-refractivity contribution in [1.82, 2.24) is 4.98 Å². The fourth-order valence-corrected chi connectivity index (χ4v) is 2.61. The summed E-state index contributed by atoms with van der Waals surface area (Å²) in [5.74, 6) is 1.54. The van der Waals surface area contributed by atoms with E-state index in [2.05, 4.69) is 10.3 Å². The Hall–Kier alpha value is -2.99. The van der Waals surface area contributed by atoms with Gasteiger partial charge in [0.2, 0.25) is 5.91 Å². The molecule has 0 radical (unpaired) electrons. The minimum absolute atomic E-state index is 0.112. The molecule has 0 spiro atoms. The molecule has 1 amide bonds. The highest BCUT2D eigenvalue weighted by Gasteiger charge is 2.13. The summed E-state index contributed by atoms with van der Waals surface area (Å²) in [6, 6.07) is 10.3. The van der Waals surface area contributed by atoms with Gasteiger partial charge in [0.1, 0.15) is 17.2 Å². The summed E-state index contributed by atoms with van der Waals surface area (Å²) < 4.78 is 11.3. The molecule has 1 aromatic heterocycles. The maximum Gasteiger partial charge on any atom is 0.224 e. The average molecular weight is 372 g/mol. The number of ether oxygens (including phenoxy) is 2. The number of nitrogens with one attached hydrogen (secondary N) is 1. The molecule has 134 valence electrons. The van der Waals surface area contributed by atoms with Crippen molar-refractivity contribution in [3.63, 3.8) is 0 Å². The van der Waals surface area contributed by atoms with Crippen LogP contribution in [0.25, 0.3) is 10.9 Å². The van der Waals surface area contributed by atoms with Crippen molar-refractivity contribution in [2.24, 2.45) is 0 Å². The number of methoxy groups -OCH3 is 1. The number of fused-ring (bicyclic) bond motifs is 1. The van der Waals surface area contributed by atoms with Gasteiger partial charge >= 0.3 is 0 Å². The average Bonchev–Trinajstić information content (AvgIpc) is 2.64. The maximum absolute atomic E-state index is 11.8. The van der Waals surface area contributed by atoms with Crippen LogP contribution in [-0.2, 0) is 4.79 Å². The van der Waals surface area contributed by atoms with E-state index in [1.54, 1.807) is 56.6 Å². The topological polar surface area (TPSA) is 86.5 Å². The third kappa shape index (κ3) is 3.65. The quantitative estimate of drug-likeness (QED) is 0.639. The van der Waals surface area contributed by atoms with Crippen LogP contribution in [0.1, 0.15) is 13.3 Å². The van der Waals surface area contributed by atoms with Crippen LogP contribution in [-0.4, -0.2) is 18.0 Å². The molecule has 26 heavy (non-hydrogen) atoms. The van der Waals surface area contributed by atoms with Gasteiger partial charge in [0.05, 0.1) is 29.0 Å². The molecule has 2 aromatic carbocycles. The third-order valence-electron chi connectivity index (χ3n) is 3.82. The van der Waals surface area contributed by atoms with E-state index in [1.165, 1.54) is 0 Å². The highest BCUT2D eigenvalue weighted by molar-refractivity contribution is 6.33. The molecule has 0 saturated heterocycles. The number of hydrogen-bond acceptors (Lipinski definition) is 5. The normalized spacial score (nSPS) is 10.6. The first-order valence-corrected chi connectivity index (χ1v) is 8.39. The molecule has 0 atom stereocenters. The Bertz CT molecular complexity index is 976. The molecule has 1 heterocycles. The Morgan fingerprint density at radius 1 is 1.23 bits per heavy atom. The summed E-state index contributed by atoms with van der Waals surface area (Å²) in [6.45, 7) is 1.78. The summed E-state index contributed by atoms with van der Waals surface area (Å²) in [6.07, 6.45) is 2.00. The van der Waals surface area contributed by atoms with Crippen LogP contribution in [0.3, 0.4) is 0 Å². The largest absolute Gasteiger partial charge is 0.494 e. The van der Waals surface area contributed by atoms with Crippen LogP contribution in [0.15, 0.2) is 42.6 Å². The Morgan fingerprint density at radius 2 is 2.04 bits per heavy atom. The number of carbonyl (C=O) groups excluding carboxylic acids is 1. The van der Waals surface area contributed by atoms with Gasteiger partial charge < -0.3 is 20.5 Å². The zero-order chi connectivity index (χ0) is 18.7. The Kier molecular flexibility index (Phi) is 5.14. The molecule has 3 rings (SSSR count). The second-order valence-corrected chi connectivity index (χ2v) is 5.97. The van der Waals surface area contributed by atoms with E-state index in [0.717, 1.165) is 5.39 Å². The molecule has 0 aliphatic carbocycles. The van der Waals surface area contributed by atoms with Crippen LogP contribution in [0, 0.1) is 0 Å². The summed E-state index contributed by atoms with van der Waals surface area (Å²) in [7, 11) is 1.54. The van der Waals surface area contributed by atoms with E-state index in [0.29, 0.717) is 45.6 Å². The minimum Gasteiger partial charge on any atom is -0.494 e. The molecular weight excluding hydrogens is 354 g/mol. The lowest BCUT2D eigenvalue weighted by molar-refractivity contribution is -0.115. The number of carbonyl (C=O) groups is 1. The number of pyridine rings is 1. The van der Waals surface area contributed by atoms with Gasteiger partial charge in [0.15, 0.2) is 0 Å². The fourth-order valence-electron chi connectivity index (χ4n) is 2.44. The summed E-state index contributed by atoms with van der Waals surface area (Å²) in [4.78, 5) is 16.1. The van der Waals surface area contributed by atoms with Crippen molar-refractivity contribution >= 4 is 39.8 Å². The second kappa shape index (κ2) is 7.49. The summed E-state index contributed by atoms with van der Waals surface area (Å²) >= 11 is 6.05. The van der Waals surface area contributed by atoms with Crippen molar-refractivity contribution in [1.29, 1.82) is 0 Å². The van der Waals surface area contributed by atoms with E-state index in [1.807, 2.05) is 0 Å². The number of nitrogen functional groups attached to an aromatic ring is 1. The van der Waals surface area contributed by atoms with Crippen LogP contribution >= 0.6 is 11.6 Å². The van der Waals surface area contributed by atoms with Crippen LogP contribution < -0.4 is 20.5 Å². The first kappa shape index (κ1) is 17.8. The second-order valence-electron chi connectivity index (χ2n) is 5.57. The van der Waals surface area contributed by atoms with E-state index in [9.17, 15) is 4.79 Å². The zero-order valence-electron chi connectivity index (χ0n) is 14.4. The first-order chi connectivity index (χ1) is 12.5. The first-order valence-electron chi connectivity index (χ1n) is 8.01. The van der Waals surface area contributed by atoms with Crippen molar-refractivity contribution in [3.8, 4) is 17.2 Å². The molecule has 0 saturated carbocycles. The lowest BCUT2D eigenvalue weighted by Gasteiger charge is -2.14. The number of amides is 1. The van der Waals surface area contributed by atoms with Crippen LogP contribution in [0.2, 0.25) is 5.02 Å². The minimum atomic E-state index is -0.112. The smallest absolute Gasteiger partial charge is 0.224 e. The van der Waals surface area contributed by atoms with Gasteiger partial charge in [0, 0.05) is 30.1 Å². The number of aromatic nitrogens is 1. The standard InChI is InChI=1S/C19H18ClN3O3/c1-3-19(24)23-16-9-12-15(10-18(16)25-2)22-7-6-17(12)26-11-4-5-14(21)13(20)8-11/h4-10H,3,21H2,1-2H3,(H,23,24). The molecule has 0 aliphatic heterocycles. The van der Waals surface area contributed by atoms with Crippen molar-refractivity contribution in [2.45, 2.75) is 13.3 Å². The fraction of sp³-hybridized carbons (Fsp3) is 0.158. The number of rotatable bonds is 5. The van der Waals surface area contributed by atoms with Crippen molar-refractivity contribution in [2.75, 3.05) is 18.2 Å². The molecule has 3 N–H and O–H groups in total. The zero-order valence-corrected chi connectivity index (χ0v) is 15.1. The Balaban J connectivity index is 2.06. The molecule has 0 aliphatic rings. The van der Waals surface area contributed by atoms with E-state index in [-0.39, 0.29) is 5.91 Å². The SMILES string of the molecule is CCC(=O)Nc1cc2c(Oc3ccc(N)c(Cl)c3)ccnc2cc1OC. The number of halogens is 1. The number of anilines is 2. The summed E-state index contributed by atoms with van der Waals surface area (Å²) in [5.41, 5.74) is 7.44. The van der Waals surface area contributed by atoms with E-state index in [4.69, 9.17) is 26.8 Å². The molecule has 0 fully saturated rings. The van der Waals surface area contributed by atoms with Gasteiger partial charge in [-0.3, -0.25) is 9.78 Å². The van der Waals surface area contributed by atoms with Crippen LogP contribution in [0.4, 0.5) is 11.4 Å². The predicted molar refractivity (Wildman–Crippen MR) is 103 cm³/mol. The molecule has 6 nitrogen and oxygen atoms in total. The molecule has 0 bridgehead atoms. The van der Waals surface area contributed by atoms with Gasteiger partial charge in [-0.15, -0.1) is 0 Å². The van der Waals surface area contributed by atoms with Gasteiger partial charge in [-0.2, -0.15) is 0 Å². The Labute approximate surface area is 155 Å². The number of nitrogens with two attached hydrogens (primary N) is 1. The highest BCUT2D eigenvalue weighted by Crippen LogP contribution is 2.36. The lowest BCUT2D eigenvalue weighted by atomic mass is 10.1. The highest BCUT2D eigenvalue weighted by atomic mass is 35.5. The monoisotopic (exact) mass is 371 g/mol. The predicted octanol–water partition coefficient (Wildman–Crippen LogP) is 4.62. The summed E-state index contributed by atoms with van der Waals surface area (Å²) in [5, 5.41) is 3.97. The number of benzene rings is 2. The Morgan fingerprint density at radius 3 is 2.73 bits per heavy atom. The molecule has 0 unspecified atom stereocenters. The number of nitrogens with zero attached hydrogens (tertiary/aromatic N) is 1. The molecule has 7 heteroatoms. The van der Waals surface area contributed by atoms with Crippen LogP contribution in [0.5, 0.6) is 17.2 Å². The number of hydrogen-bond donors (Lipinski definition) is 2. The maximum atomic E-state index is 11.8. The molecular formula is C19H18ClN3O3.